The highest BCUT2D eigenvalue weighted by Crippen LogP contribution is 2.27. The lowest BCUT2D eigenvalue weighted by Crippen LogP contribution is -2.54. The highest BCUT2D eigenvalue weighted by atomic mass is 35.5. The summed E-state index contributed by atoms with van der Waals surface area (Å²) in [6, 6.07) is 20.3. The van der Waals surface area contributed by atoms with Crippen LogP contribution in [0.5, 0.6) is 0 Å². The summed E-state index contributed by atoms with van der Waals surface area (Å²) < 4.78 is 26.9. The van der Waals surface area contributed by atoms with E-state index in [1.807, 2.05) is 44.2 Å². The van der Waals surface area contributed by atoms with Crippen LogP contribution in [0.3, 0.4) is 0 Å². The van der Waals surface area contributed by atoms with Crippen LogP contribution in [0.1, 0.15) is 37.0 Å². The summed E-state index contributed by atoms with van der Waals surface area (Å²) in [6.07, 6.45) is 2.00. The number of rotatable bonds is 12. The van der Waals surface area contributed by atoms with Crippen molar-refractivity contribution in [2.45, 2.75) is 52.2 Å². The third-order valence-electron chi connectivity index (χ3n) is 6.66. The van der Waals surface area contributed by atoms with Gasteiger partial charge >= 0.3 is 0 Å². The molecule has 40 heavy (non-hydrogen) atoms. The average Bonchev–Trinajstić information content (AvgIpc) is 2.91. The van der Waals surface area contributed by atoms with E-state index in [0.717, 1.165) is 21.7 Å². The fourth-order valence-electron chi connectivity index (χ4n) is 4.23. The zero-order valence-corrected chi connectivity index (χ0v) is 25.4. The highest BCUT2D eigenvalue weighted by Gasteiger charge is 2.33. The molecule has 0 fully saturated rings. The molecule has 0 bridgehead atoms. The maximum absolute atomic E-state index is 14.1. The molecule has 0 aliphatic rings. The molecule has 7 nitrogen and oxygen atoms in total. The molecular formula is C30H35Cl2N3O4S. The van der Waals surface area contributed by atoms with Crippen LogP contribution in [0, 0.1) is 6.92 Å². The van der Waals surface area contributed by atoms with Gasteiger partial charge in [0.05, 0.1) is 11.9 Å². The van der Waals surface area contributed by atoms with Gasteiger partial charge in [0.1, 0.15) is 12.6 Å². The number of sulfonamides is 1. The Bertz CT molecular complexity index is 1420. The molecule has 0 heterocycles. The van der Waals surface area contributed by atoms with Gasteiger partial charge in [-0.1, -0.05) is 78.7 Å². The molecule has 2 atom stereocenters. The minimum Gasteiger partial charge on any atom is -0.352 e. The third-order valence-corrected chi connectivity index (χ3v) is 8.27. The van der Waals surface area contributed by atoms with Gasteiger partial charge in [0, 0.05) is 29.1 Å². The van der Waals surface area contributed by atoms with Crippen LogP contribution < -0.4 is 9.62 Å². The molecule has 3 aromatic carbocycles. The SMILES string of the molecule is CCC(C)NC(=O)C(Cc1ccccc1)N(Cc1ccc(Cl)cc1)C(=O)CN(c1cc(Cl)ccc1C)S(C)(=O)=O. The number of aryl methyl sites for hydroxylation is 1. The van der Waals surface area contributed by atoms with Crippen molar-refractivity contribution in [3.05, 3.63) is 99.5 Å². The molecule has 0 saturated carbocycles. The van der Waals surface area contributed by atoms with Crippen molar-refractivity contribution in [2.24, 2.45) is 0 Å². The molecule has 0 radical (unpaired) electrons. The number of halogens is 2. The number of carbonyl (C=O) groups excluding carboxylic acids is 2. The zero-order chi connectivity index (χ0) is 29.4. The molecule has 3 rings (SSSR count). The van der Waals surface area contributed by atoms with Crippen LogP contribution in [-0.4, -0.2) is 50.0 Å². The predicted octanol–water partition coefficient (Wildman–Crippen LogP) is 5.62. The molecule has 0 aliphatic carbocycles. The first-order chi connectivity index (χ1) is 18.9. The molecule has 0 saturated heterocycles. The van der Waals surface area contributed by atoms with Gasteiger partial charge in [-0.25, -0.2) is 8.42 Å². The van der Waals surface area contributed by atoms with Crippen molar-refractivity contribution in [3.8, 4) is 0 Å². The van der Waals surface area contributed by atoms with Crippen molar-refractivity contribution in [2.75, 3.05) is 17.1 Å². The smallest absolute Gasteiger partial charge is 0.244 e. The van der Waals surface area contributed by atoms with E-state index < -0.39 is 28.5 Å². The van der Waals surface area contributed by atoms with Crippen LogP contribution in [0.15, 0.2) is 72.8 Å². The van der Waals surface area contributed by atoms with Crippen molar-refractivity contribution < 1.29 is 18.0 Å². The molecule has 0 aliphatic heterocycles. The molecule has 10 heteroatoms. The standard InChI is InChI=1S/C30H35Cl2N3O4S/c1-5-22(3)33-30(37)28(17-23-9-7-6-8-10-23)34(19-24-12-15-25(31)16-13-24)29(36)20-35(40(4,38)39)27-18-26(32)14-11-21(27)2/h6-16,18,22,28H,5,17,19-20H2,1-4H3,(H,33,37). The average molecular weight is 605 g/mol. The van der Waals surface area contributed by atoms with Crippen molar-refractivity contribution in [3.63, 3.8) is 0 Å². The Kier molecular flexibility index (Phi) is 11.0. The molecule has 0 spiro atoms. The number of nitrogens with zero attached hydrogens (tertiary/aromatic N) is 2. The Morgan fingerprint density at radius 2 is 1.55 bits per heavy atom. The number of carbonyl (C=O) groups is 2. The Balaban J connectivity index is 2.08. The minimum atomic E-state index is -3.88. The summed E-state index contributed by atoms with van der Waals surface area (Å²) in [5.41, 5.74) is 2.56. The van der Waals surface area contributed by atoms with Crippen LogP contribution in [0.25, 0.3) is 0 Å². The first-order valence-electron chi connectivity index (χ1n) is 13.0. The molecule has 2 unspecified atom stereocenters. The van der Waals surface area contributed by atoms with E-state index in [2.05, 4.69) is 5.32 Å². The van der Waals surface area contributed by atoms with Gasteiger partial charge in [-0.2, -0.15) is 0 Å². The number of benzene rings is 3. The van der Waals surface area contributed by atoms with Gasteiger partial charge in [-0.05, 0) is 61.2 Å². The molecule has 1 N–H and O–H groups in total. The predicted molar refractivity (Wildman–Crippen MR) is 162 cm³/mol. The van der Waals surface area contributed by atoms with E-state index >= 15 is 0 Å². The fraction of sp³-hybridized carbons (Fsp3) is 0.333. The Morgan fingerprint density at radius 1 is 0.925 bits per heavy atom. The molecule has 214 valence electrons. The third kappa shape index (κ3) is 8.71. The summed E-state index contributed by atoms with van der Waals surface area (Å²) in [6.45, 7) is 5.18. The number of nitrogens with one attached hydrogen (secondary N) is 1. The van der Waals surface area contributed by atoms with E-state index in [1.54, 1.807) is 43.3 Å². The first-order valence-corrected chi connectivity index (χ1v) is 15.6. The summed E-state index contributed by atoms with van der Waals surface area (Å²) >= 11 is 12.3. The Morgan fingerprint density at radius 3 is 2.15 bits per heavy atom. The summed E-state index contributed by atoms with van der Waals surface area (Å²) in [5, 5.41) is 3.89. The van der Waals surface area contributed by atoms with Crippen molar-refractivity contribution >= 4 is 50.7 Å². The van der Waals surface area contributed by atoms with E-state index in [4.69, 9.17) is 23.2 Å². The van der Waals surface area contributed by atoms with Crippen LogP contribution >= 0.6 is 23.2 Å². The fourth-order valence-corrected chi connectivity index (χ4v) is 5.42. The second-order valence-corrected chi connectivity index (χ2v) is 12.7. The Hall–Kier alpha value is -3.07. The van der Waals surface area contributed by atoms with Gasteiger partial charge in [0.2, 0.25) is 21.8 Å². The number of hydrogen-bond acceptors (Lipinski definition) is 4. The molecule has 3 aromatic rings. The van der Waals surface area contributed by atoms with Crippen LogP contribution in [-0.2, 0) is 32.6 Å². The van der Waals surface area contributed by atoms with Gasteiger partial charge in [0.25, 0.3) is 0 Å². The zero-order valence-electron chi connectivity index (χ0n) is 23.1. The highest BCUT2D eigenvalue weighted by molar-refractivity contribution is 7.92. The van der Waals surface area contributed by atoms with Crippen LogP contribution in [0.4, 0.5) is 5.69 Å². The first kappa shape index (κ1) is 31.5. The number of amides is 2. The summed E-state index contributed by atoms with van der Waals surface area (Å²) in [4.78, 5) is 29.2. The largest absolute Gasteiger partial charge is 0.352 e. The topological polar surface area (TPSA) is 86.8 Å². The molecule has 0 aromatic heterocycles. The number of hydrogen-bond donors (Lipinski definition) is 1. The van der Waals surface area contributed by atoms with E-state index in [-0.39, 0.29) is 24.9 Å². The monoisotopic (exact) mass is 603 g/mol. The maximum Gasteiger partial charge on any atom is 0.244 e. The lowest BCUT2D eigenvalue weighted by atomic mass is 10.0. The van der Waals surface area contributed by atoms with Gasteiger partial charge in [0.15, 0.2) is 0 Å². The van der Waals surface area contributed by atoms with Crippen molar-refractivity contribution in [1.82, 2.24) is 10.2 Å². The lowest BCUT2D eigenvalue weighted by Gasteiger charge is -2.34. The lowest BCUT2D eigenvalue weighted by molar-refractivity contribution is -0.140. The molecular weight excluding hydrogens is 569 g/mol. The molecule has 2 amide bonds. The second kappa shape index (κ2) is 14.0. The van der Waals surface area contributed by atoms with E-state index in [0.29, 0.717) is 27.7 Å². The minimum absolute atomic E-state index is 0.0769. The van der Waals surface area contributed by atoms with E-state index in [9.17, 15) is 18.0 Å². The van der Waals surface area contributed by atoms with E-state index in [1.165, 1.54) is 11.0 Å². The van der Waals surface area contributed by atoms with Gasteiger partial charge in [-0.15, -0.1) is 0 Å². The quantitative estimate of drug-likeness (QED) is 0.291. The second-order valence-electron chi connectivity index (χ2n) is 9.87. The van der Waals surface area contributed by atoms with Gasteiger partial charge < -0.3 is 10.2 Å². The summed E-state index contributed by atoms with van der Waals surface area (Å²) in [7, 11) is -3.88. The van der Waals surface area contributed by atoms with Crippen molar-refractivity contribution in [1.29, 1.82) is 0 Å². The van der Waals surface area contributed by atoms with Gasteiger partial charge in [-0.3, -0.25) is 13.9 Å². The van der Waals surface area contributed by atoms with Crippen LogP contribution in [0.2, 0.25) is 10.0 Å². The number of anilines is 1. The maximum atomic E-state index is 14.1. The summed E-state index contributed by atoms with van der Waals surface area (Å²) in [5.74, 6) is -0.842. The Labute approximate surface area is 247 Å². The normalized spacial score (nSPS) is 12.8.